The average molecular weight is 285 g/mol. The lowest BCUT2D eigenvalue weighted by atomic mass is 10.1. The van der Waals surface area contributed by atoms with Crippen molar-refractivity contribution in [1.29, 1.82) is 0 Å². The van der Waals surface area contributed by atoms with Gasteiger partial charge in [0.05, 0.1) is 24.1 Å². The summed E-state index contributed by atoms with van der Waals surface area (Å²) in [4.78, 5) is 22.5. The van der Waals surface area contributed by atoms with Crippen LogP contribution < -0.4 is 10.1 Å². The van der Waals surface area contributed by atoms with E-state index in [-0.39, 0.29) is 0 Å². The molecule has 0 saturated heterocycles. The van der Waals surface area contributed by atoms with Crippen LogP contribution in [0.1, 0.15) is 15.9 Å². The number of benzene rings is 1. The molecule has 102 valence electrons. The number of ketones is 1. The molecule has 0 bridgehead atoms. The third-order valence-electron chi connectivity index (χ3n) is 2.57. The van der Waals surface area contributed by atoms with Crippen LogP contribution in [0.2, 0.25) is 0 Å². The van der Waals surface area contributed by atoms with Gasteiger partial charge in [-0.1, -0.05) is 0 Å². The molecule has 2 heterocycles. The lowest BCUT2D eigenvalue weighted by molar-refractivity contribution is -0.112. The number of fused-ring (bicyclic) bond motifs is 3. The Bertz CT molecular complexity index is 656. The first-order valence-corrected chi connectivity index (χ1v) is 7.19. The molecule has 0 spiro atoms. The zero-order valence-corrected chi connectivity index (χ0v) is 10.8. The van der Waals surface area contributed by atoms with Gasteiger partial charge in [0.15, 0.2) is 0 Å². The summed E-state index contributed by atoms with van der Waals surface area (Å²) < 4.78 is 31.2. The van der Waals surface area contributed by atoms with Crippen LogP contribution in [0.5, 0.6) is 5.75 Å². The van der Waals surface area contributed by atoms with Crippen molar-refractivity contribution in [3.63, 3.8) is 0 Å². The maximum absolute atomic E-state index is 11.3. The molecule has 0 fully saturated rings. The van der Waals surface area contributed by atoms with Crippen LogP contribution >= 0.6 is 0 Å². The highest BCUT2D eigenvalue weighted by Gasteiger charge is 2.32. The molecule has 7 nitrogen and oxygen atoms in total. The predicted molar refractivity (Wildman–Crippen MR) is 66.1 cm³/mol. The first-order chi connectivity index (χ1) is 8.77. The molecule has 1 aromatic carbocycles. The molecule has 0 unspecified atom stereocenters. The first-order valence-electron chi connectivity index (χ1n) is 5.34. The third-order valence-corrected chi connectivity index (χ3v) is 2.57. The Morgan fingerprint density at radius 1 is 1.32 bits per heavy atom. The molecular weight excluding hydrogens is 274 g/mol. The fourth-order valence-corrected chi connectivity index (χ4v) is 1.90. The monoisotopic (exact) mass is 285 g/mol. The number of nitrogens with one attached hydrogen (secondary N) is 1. The van der Waals surface area contributed by atoms with Gasteiger partial charge in [-0.3, -0.25) is 14.1 Å². The van der Waals surface area contributed by atoms with Crippen LogP contribution in [0.4, 0.5) is 5.69 Å². The van der Waals surface area contributed by atoms with E-state index in [1.807, 2.05) is 0 Å². The van der Waals surface area contributed by atoms with Gasteiger partial charge in [-0.15, -0.1) is 0 Å². The fraction of sp³-hybridized carbons (Fsp3) is 0.273. The van der Waals surface area contributed by atoms with Gasteiger partial charge < -0.3 is 10.1 Å². The van der Waals surface area contributed by atoms with E-state index < -0.39 is 21.8 Å². The largest absolute Gasteiger partial charge is 0.493 e. The highest BCUT2D eigenvalue weighted by atomic mass is 32.2. The lowest BCUT2D eigenvalue weighted by Crippen LogP contribution is -2.12. The minimum atomic E-state index is -3.67. The molecule has 2 aliphatic heterocycles. The van der Waals surface area contributed by atoms with Crippen molar-refractivity contribution in [2.45, 2.75) is 6.42 Å². The molecule has 2 N–H and O–H groups in total. The first kappa shape index (κ1) is 13.5. The van der Waals surface area contributed by atoms with Gasteiger partial charge in [0, 0.05) is 12.0 Å². The zero-order chi connectivity index (χ0) is 14.2. The number of hydrogen-bond donors (Lipinski definition) is 2. The second-order valence-electron chi connectivity index (χ2n) is 4.08. The molecule has 0 aromatic heterocycles. The van der Waals surface area contributed by atoms with Gasteiger partial charge in [-0.25, -0.2) is 0 Å². The Kier molecular flexibility index (Phi) is 3.29. The van der Waals surface area contributed by atoms with Gasteiger partial charge in [0.2, 0.25) is 0 Å². The van der Waals surface area contributed by atoms with Crippen molar-refractivity contribution in [3.05, 3.63) is 23.3 Å². The van der Waals surface area contributed by atoms with E-state index in [4.69, 9.17) is 9.29 Å². The normalized spacial score (nSPS) is 15.9. The van der Waals surface area contributed by atoms with Crippen LogP contribution in [0.15, 0.2) is 12.1 Å². The summed E-state index contributed by atoms with van der Waals surface area (Å²) in [6.07, 6.45) is 1.47. The van der Waals surface area contributed by atoms with Crippen molar-refractivity contribution >= 4 is 27.5 Å². The molecular formula is C11H11NO6S. The second kappa shape index (κ2) is 4.63. The summed E-state index contributed by atoms with van der Waals surface area (Å²) in [6.45, 7) is 0.621. The van der Waals surface area contributed by atoms with Crippen molar-refractivity contribution in [2.24, 2.45) is 0 Å². The van der Waals surface area contributed by atoms with Crippen LogP contribution in [0.25, 0.3) is 0 Å². The summed E-state index contributed by atoms with van der Waals surface area (Å²) in [5.41, 5.74) is 2.07. The Labute approximate surface area is 109 Å². The second-order valence-corrected chi connectivity index (χ2v) is 5.55. The standard InChI is InChI=1S/C10H7NO3.CH4O3S/c12-9-6-1-2-7-5(3-4-14-7)8(6)11-10(9)13;1-5(2,3)4/h1-2H,3-4H2,(H,11,12,13);1H3,(H,2,3,4). The molecule has 1 aromatic rings. The molecule has 0 radical (unpaired) electrons. The van der Waals surface area contributed by atoms with Crippen molar-refractivity contribution in [2.75, 3.05) is 18.2 Å². The minimum Gasteiger partial charge on any atom is -0.493 e. The smallest absolute Gasteiger partial charge is 0.296 e. The van der Waals surface area contributed by atoms with E-state index in [1.54, 1.807) is 12.1 Å². The molecule has 3 rings (SSSR count). The number of rotatable bonds is 0. The quantitative estimate of drug-likeness (QED) is 0.522. The SMILES string of the molecule is CS(=O)(=O)O.O=C1Nc2c(ccc3c2CCO3)C1=O. The van der Waals surface area contributed by atoms with Gasteiger partial charge in [0.25, 0.3) is 21.8 Å². The summed E-state index contributed by atoms with van der Waals surface area (Å²) in [6, 6.07) is 3.39. The topological polar surface area (TPSA) is 110 Å². The number of carbonyl (C=O) groups is 2. The molecule has 0 atom stereocenters. The fourth-order valence-electron chi connectivity index (χ4n) is 1.90. The summed E-state index contributed by atoms with van der Waals surface area (Å²) in [5, 5.41) is 2.58. The van der Waals surface area contributed by atoms with E-state index in [1.165, 1.54) is 0 Å². The molecule has 2 aliphatic rings. The van der Waals surface area contributed by atoms with Crippen molar-refractivity contribution in [3.8, 4) is 5.75 Å². The van der Waals surface area contributed by atoms with E-state index >= 15 is 0 Å². The van der Waals surface area contributed by atoms with E-state index in [2.05, 4.69) is 5.32 Å². The molecule has 19 heavy (non-hydrogen) atoms. The minimum absolute atomic E-state index is 0.449. The summed E-state index contributed by atoms with van der Waals surface area (Å²) >= 11 is 0. The van der Waals surface area contributed by atoms with Crippen LogP contribution in [0.3, 0.4) is 0 Å². The number of ether oxygens (including phenoxy) is 1. The van der Waals surface area contributed by atoms with E-state index in [9.17, 15) is 18.0 Å². The Hall–Kier alpha value is -1.93. The lowest BCUT2D eigenvalue weighted by Gasteiger charge is -2.03. The Balaban J connectivity index is 0.000000232. The maximum Gasteiger partial charge on any atom is 0.296 e. The highest BCUT2D eigenvalue weighted by Crippen LogP contribution is 2.37. The number of anilines is 1. The highest BCUT2D eigenvalue weighted by molar-refractivity contribution is 7.85. The van der Waals surface area contributed by atoms with Crippen LogP contribution in [-0.2, 0) is 21.3 Å². The van der Waals surface area contributed by atoms with Gasteiger partial charge in [-0.2, -0.15) is 8.42 Å². The van der Waals surface area contributed by atoms with Gasteiger partial charge in [-0.05, 0) is 12.1 Å². The van der Waals surface area contributed by atoms with Crippen LogP contribution in [-0.4, -0.2) is 37.5 Å². The molecule has 0 saturated carbocycles. The maximum atomic E-state index is 11.3. The predicted octanol–water partition coefficient (Wildman–Crippen LogP) is 0.260. The number of hydrogen-bond acceptors (Lipinski definition) is 5. The zero-order valence-electron chi connectivity index (χ0n) is 9.97. The Morgan fingerprint density at radius 3 is 2.58 bits per heavy atom. The number of amides is 1. The van der Waals surface area contributed by atoms with E-state index in [0.717, 1.165) is 17.7 Å². The average Bonchev–Trinajstić information content (AvgIpc) is 2.83. The van der Waals surface area contributed by atoms with Crippen LogP contribution in [0, 0.1) is 0 Å². The number of Topliss-reactive ketones (excluding diaryl/α,β-unsaturated/α-hetero) is 1. The summed E-state index contributed by atoms with van der Waals surface area (Å²) in [7, 11) is -3.67. The van der Waals surface area contributed by atoms with Gasteiger partial charge in [0.1, 0.15) is 5.75 Å². The van der Waals surface area contributed by atoms with E-state index in [0.29, 0.717) is 24.1 Å². The number of carbonyl (C=O) groups excluding carboxylic acids is 2. The summed E-state index contributed by atoms with van der Waals surface area (Å²) in [5.74, 6) is -0.214. The Morgan fingerprint density at radius 2 is 1.95 bits per heavy atom. The molecule has 0 aliphatic carbocycles. The van der Waals surface area contributed by atoms with Gasteiger partial charge >= 0.3 is 0 Å². The van der Waals surface area contributed by atoms with Crippen molar-refractivity contribution < 1.29 is 27.3 Å². The molecule has 8 heteroatoms. The van der Waals surface area contributed by atoms with Crippen molar-refractivity contribution in [1.82, 2.24) is 0 Å². The molecule has 1 amide bonds. The third kappa shape index (κ3) is 2.91.